The zero-order valence-electron chi connectivity index (χ0n) is 16.3. The second-order valence-corrected chi connectivity index (χ2v) is 8.06. The van der Waals surface area contributed by atoms with Gasteiger partial charge < -0.3 is 14.9 Å². The first kappa shape index (κ1) is 19.8. The third-order valence-corrected chi connectivity index (χ3v) is 6.16. The average molecular weight is 405 g/mol. The molecule has 148 valence electrons. The number of aliphatic hydroxyl groups excluding tert-OH is 2. The molecule has 1 heterocycles. The molecule has 3 aromatic rings. The van der Waals surface area contributed by atoms with E-state index < -0.39 is 6.10 Å². The Labute approximate surface area is 175 Å². The van der Waals surface area contributed by atoms with Crippen molar-refractivity contribution in [3.63, 3.8) is 0 Å². The summed E-state index contributed by atoms with van der Waals surface area (Å²) in [6.07, 6.45) is 0.0519. The van der Waals surface area contributed by atoms with Crippen LogP contribution in [0.4, 0.5) is 0 Å². The fourth-order valence-corrected chi connectivity index (χ4v) is 4.79. The van der Waals surface area contributed by atoms with Gasteiger partial charge in [-0.05, 0) is 58.5 Å². The Hall–Kier alpha value is -2.53. The standard InChI is InChI=1S/C25H24O3S/c1-2-20-21-10-6-7-11-23(21)29-24-14-19(28-16-18(27)15-26)12-13-22(24)25(20)17-8-4-3-5-9-17/h3-14,18,26-27H,2,15-16H2,1H3. The fourth-order valence-electron chi connectivity index (χ4n) is 3.65. The van der Waals surface area contributed by atoms with Crippen LogP contribution in [0.5, 0.6) is 5.75 Å². The van der Waals surface area contributed by atoms with E-state index in [1.54, 1.807) is 11.8 Å². The van der Waals surface area contributed by atoms with E-state index in [9.17, 15) is 5.11 Å². The summed E-state index contributed by atoms with van der Waals surface area (Å²) in [6, 6.07) is 25.1. The minimum absolute atomic E-state index is 0.0676. The van der Waals surface area contributed by atoms with Crippen molar-refractivity contribution in [3.8, 4) is 5.75 Å². The molecule has 1 aliphatic heterocycles. The molecule has 0 radical (unpaired) electrons. The molecular weight excluding hydrogens is 380 g/mol. The van der Waals surface area contributed by atoms with Crippen LogP contribution in [0.3, 0.4) is 0 Å². The van der Waals surface area contributed by atoms with Crippen LogP contribution in [0, 0.1) is 0 Å². The molecule has 3 nitrogen and oxygen atoms in total. The summed E-state index contributed by atoms with van der Waals surface area (Å²) in [6.45, 7) is 1.96. The van der Waals surface area contributed by atoms with Crippen molar-refractivity contribution in [1.82, 2.24) is 0 Å². The van der Waals surface area contributed by atoms with E-state index in [0.717, 1.165) is 11.3 Å². The van der Waals surface area contributed by atoms with Crippen LogP contribution < -0.4 is 4.74 Å². The van der Waals surface area contributed by atoms with Crippen LogP contribution in [0.2, 0.25) is 0 Å². The smallest absolute Gasteiger partial charge is 0.120 e. The predicted octanol–water partition coefficient (Wildman–Crippen LogP) is 5.25. The first-order valence-electron chi connectivity index (χ1n) is 9.83. The van der Waals surface area contributed by atoms with Crippen molar-refractivity contribution in [2.45, 2.75) is 29.2 Å². The van der Waals surface area contributed by atoms with E-state index in [-0.39, 0.29) is 13.2 Å². The predicted molar refractivity (Wildman–Crippen MR) is 118 cm³/mol. The van der Waals surface area contributed by atoms with Gasteiger partial charge in [-0.3, -0.25) is 0 Å². The maximum absolute atomic E-state index is 9.60. The van der Waals surface area contributed by atoms with Crippen molar-refractivity contribution in [1.29, 1.82) is 0 Å². The van der Waals surface area contributed by atoms with Crippen molar-refractivity contribution in [3.05, 3.63) is 89.5 Å². The minimum Gasteiger partial charge on any atom is -0.491 e. The highest BCUT2D eigenvalue weighted by Crippen LogP contribution is 2.47. The van der Waals surface area contributed by atoms with Gasteiger partial charge in [0, 0.05) is 9.79 Å². The Morgan fingerprint density at radius 3 is 2.41 bits per heavy atom. The van der Waals surface area contributed by atoms with Gasteiger partial charge in [0.1, 0.15) is 18.5 Å². The zero-order chi connectivity index (χ0) is 20.2. The first-order valence-corrected chi connectivity index (χ1v) is 10.6. The van der Waals surface area contributed by atoms with Gasteiger partial charge in [-0.1, -0.05) is 67.2 Å². The van der Waals surface area contributed by atoms with Crippen LogP contribution in [0.1, 0.15) is 30.0 Å². The monoisotopic (exact) mass is 404 g/mol. The Bertz CT molecular complexity index is 1030. The lowest BCUT2D eigenvalue weighted by atomic mass is 9.88. The molecule has 0 saturated heterocycles. The van der Waals surface area contributed by atoms with E-state index in [4.69, 9.17) is 9.84 Å². The molecule has 0 amide bonds. The highest BCUT2D eigenvalue weighted by atomic mass is 32.2. The normalized spacial score (nSPS) is 14.0. The van der Waals surface area contributed by atoms with Gasteiger partial charge in [0.2, 0.25) is 0 Å². The summed E-state index contributed by atoms with van der Waals surface area (Å²) in [5.41, 5.74) is 6.25. The molecule has 4 rings (SSSR count). The highest BCUT2D eigenvalue weighted by molar-refractivity contribution is 7.99. The first-order chi connectivity index (χ1) is 14.2. The van der Waals surface area contributed by atoms with Crippen LogP contribution in [0.15, 0.2) is 82.6 Å². The molecule has 1 aliphatic rings. The highest BCUT2D eigenvalue weighted by Gasteiger charge is 2.23. The number of aliphatic hydroxyl groups is 2. The number of allylic oxidation sites excluding steroid dienone is 1. The lowest BCUT2D eigenvalue weighted by Gasteiger charge is -2.17. The van der Waals surface area contributed by atoms with Crippen molar-refractivity contribution in [2.24, 2.45) is 0 Å². The van der Waals surface area contributed by atoms with Crippen molar-refractivity contribution >= 4 is 22.9 Å². The molecular formula is C25H24O3S. The summed E-state index contributed by atoms with van der Waals surface area (Å²) in [5, 5.41) is 18.6. The van der Waals surface area contributed by atoms with Gasteiger partial charge in [-0.2, -0.15) is 0 Å². The molecule has 1 atom stereocenters. The lowest BCUT2D eigenvalue weighted by molar-refractivity contribution is 0.0535. The van der Waals surface area contributed by atoms with Gasteiger partial charge in [-0.25, -0.2) is 0 Å². The van der Waals surface area contributed by atoms with E-state index in [0.29, 0.717) is 5.75 Å². The SMILES string of the molecule is CCC1=C(c2ccccc2)c2ccc(OCC(O)CO)cc2Sc2ccccc21. The summed E-state index contributed by atoms with van der Waals surface area (Å²) >= 11 is 1.74. The van der Waals surface area contributed by atoms with E-state index in [1.165, 1.54) is 32.7 Å². The number of ether oxygens (including phenoxy) is 1. The summed E-state index contributed by atoms with van der Waals surface area (Å²) in [5.74, 6) is 0.689. The fraction of sp³-hybridized carbons (Fsp3) is 0.200. The molecule has 2 N–H and O–H groups in total. The quantitative estimate of drug-likeness (QED) is 0.589. The Morgan fingerprint density at radius 2 is 1.66 bits per heavy atom. The molecule has 3 aromatic carbocycles. The van der Waals surface area contributed by atoms with Gasteiger partial charge in [0.15, 0.2) is 0 Å². The van der Waals surface area contributed by atoms with E-state index in [2.05, 4.69) is 61.5 Å². The number of hydrogen-bond donors (Lipinski definition) is 2. The Kier molecular flexibility index (Phi) is 6.05. The van der Waals surface area contributed by atoms with E-state index >= 15 is 0 Å². The van der Waals surface area contributed by atoms with Crippen LogP contribution in [-0.2, 0) is 0 Å². The summed E-state index contributed by atoms with van der Waals surface area (Å²) in [4.78, 5) is 2.35. The average Bonchev–Trinajstić information content (AvgIpc) is 2.91. The molecule has 0 saturated carbocycles. The van der Waals surface area contributed by atoms with Gasteiger partial charge >= 0.3 is 0 Å². The largest absolute Gasteiger partial charge is 0.491 e. The molecule has 4 heteroatoms. The number of hydrogen-bond acceptors (Lipinski definition) is 4. The molecule has 1 unspecified atom stereocenters. The van der Waals surface area contributed by atoms with Crippen molar-refractivity contribution in [2.75, 3.05) is 13.2 Å². The minimum atomic E-state index is -0.881. The second-order valence-electron chi connectivity index (χ2n) is 6.98. The van der Waals surface area contributed by atoms with E-state index in [1.807, 2.05) is 18.2 Å². The summed E-state index contributed by atoms with van der Waals surface area (Å²) < 4.78 is 5.71. The number of benzene rings is 3. The van der Waals surface area contributed by atoms with Gasteiger partial charge in [0.05, 0.1) is 6.61 Å². The van der Waals surface area contributed by atoms with Crippen LogP contribution >= 0.6 is 11.8 Å². The van der Waals surface area contributed by atoms with Crippen molar-refractivity contribution < 1.29 is 14.9 Å². The molecule has 0 spiro atoms. The number of fused-ring (bicyclic) bond motifs is 2. The van der Waals surface area contributed by atoms with Gasteiger partial charge in [-0.15, -0.1) is 0 Å². The summed E-state index contributed by atoms with van der Waals surface area (Å²) in [7, 11) is 0. The molecule has 0 aromatic heterocycles. The maximum atomic E-state index is 9.60. The maximum Gasteiger partial charge on any atom is 0.120 e. The third kappa shape index (κ3) is 4.10. The third-order valence-electron chi connectivity index (χ3n) is 5.03. The second kappa shape index (κ2) is 8.87. The molecule has 0 bridgehead atoms. The Balaban J connectivity index is 1.87. The molecule has 29 heavy (non-hydrogen) atoms. The van der Waals surface area contributed by atoms with Crippen LogP contribution in [0.25, 0.3) is 11.1 Å². The molecule has 0 aliphatic carbocycles. The lowest BCUT2D eigenvalue weighted by Crippen LogP contribution is -2.21. The molecule has 0 fully saturated rings. The zero-order valence-corrected chi connectivity index (χ0v) is 17.2. The Morgan fingerprint density at radius 1 is 0.897 bits per heavy atom. The van der Waals surface area contributed by atoms with Gasteiger partial charge in [0.25, 0.3) is 0 Å². The topological polar surface area (TPSA) is 49.7 Å². The number of rotatable bonds is 6. The van der Waals surface area contributed by atoms with Crippen LogP contribution in [-0.4, -0.2) is 29.5 Å².